The summed E-state index contributed by atoms with van der Waals surface area (Å²) in [5.74, 6) is 0.473. The third kappa shape index (κ3) is 4.76. The van der Waals surface area contributed by atoms with Crippen molar-refractivity contribution in [1.82, 2.24) is 5.32 Å². The smallest absolute Gasteiger partial charge is 0.221 e. The number of carbonyl (C=O) groups excluding carboxylic acids is 1. The Morgan fingerprint density at radius 2 is 2.22 bits per heavy atom. The van der Waals surface area contributed by atoms with Crippen LogP contribution >= 0.6 is 11.3 Å². The van der Waals surface area contributed by atoms with Gasteiger partial charge in [0.05, 0.1) is 12.3 Å². The van der Waals surface area contributed by atoms with Crippen LogP contribution in [0.1, 0.15) is 25.6 Å². The zero-order chi connectivity index (χ0) is 13.5. The van der Waals surface area contributed by atoms with Crippen molar-refractivity contribution >= 4 is 22.9 Å². The van der Waals surface area contributed by atoms with Gasteiger partial charge in [0, 0.05) is 31.5 Å². The highest BCUT2D eigenvalue weighted by Crippen LogP contribution is 2.22. The Bertz CT molecular complexity index is 377. The molecule has 18 heavy (non-hydrogen) atoms. The van der Waals surface area contributed by atoms with E-state index in [-0.39, 0.29) is 5.91 Å². The molecule has 0 bridgehead atoms. The number of hydrogen-bond acceptors (Lipinski definition) is 4. The van der Waals surface area contributed by atoms with Crippen molar-refractivity contribution in [1.29, 1.82) is 0 Å². The molecule has 5 heteroatoms. The summed E-state index contributed by atoms with van der Waals surface area (Å²) in [5.41, 5.74) is 0.903. The fraction of sp³-hybridized carbons (Fsp3) is 0.615. The number of methoxy groups -OCH3 is 1. The van der Waals surface area contributed by atoms with Crippen LogP contribution in [-0.2, 0) is 16.1 Å². The van der Waals surface area contributed by atoms with E-state index in [1.807, 2.05) is 11.4 Å². The molecular weight excluding hydrogens is 248 g/mol. The second-order valence-electron chi connectivity index (χ2n) is 4.63. The van der Waals surface area contributed by atoms with Crippen LogP contribution in [0.5, 0.6) is 0 Å². The molecular formula is C13H22N2O2S. The average molecular weight is 270 g/mol. The third-order valence-corrected chi connectivity index (χ3v) is 3.65. The molecule has 0 aliphatic heterocycles. The van der Waals surface area contributed by atoms with E-state index in [1.165, 1.54) is 6.92 Å². The van der Waals surface area contributed by atoms with Crippen LogP contribution in [0.4, 0.5) is 5.69 Å². The van der Waals surface area contributed by atoms with Crippen molar-refractivity contribution < 1.29 is 9.53 Å². The van der Waals surface area contributed by atoms with Crippen molar-refractivity contribution in [2.75, 3.05) is 19.0 Å². The quantitative estimate of drug-likeness (QED) is 0.800. The molecule has 1 amide bonds. The minimum absolute atomic E-state index is 0.0352. The van der Waals surface area contributed by atoms with Crippen molar-refractivity contribution in [3.63, 3.8) is 0 Å². The van der Waals surface area contributed by atoms with E-state index in [0.29, 0.717) is 18.6 Å². The van der Waals surface area contributed by atoms with Crippen molar-refractivity contribution in [3.8, 4) is 0 Å². The first-order valence-corrected chi connectivity index (χ1v) is 6.98. The van der Waals surface area contributed by atoms with Gasteiger partial charge in [0.15, 0.2) is 0 Å². The van der Waals surface area contributed by atoms with Gasteiger partial charge in [-0.1, -0.05) is 13.8 Å². The van der Waals surface area contributed by atoms with Crippen LogP contribution in [0.2, 0.25) is 0 Å². The molecule has 102 valence electrons. The third-order valence-electron chi connectivity index (χ3n) is 2.73. The van der Waals surface area contributed by atoms with Gasteiger partial charge in [0.1, 0.15) is 0 Å². The van der Waals surface area contributed by atoms with Crippen molar-refractivity contribution in [3.05, 3.63) is 16.3 Å². The second kappa shape index (κ2) is 7.51. The Labute approximate surface area is 113 Å². The molecule has 0 saturated carbocycles. The minimum atomic E-state index is -0.0352. The summed E-state index contributed by atoms with van der Waals surface area (Å²) in [5, 5.41) is 8.30. The minimum Gasteiger partial charge on any atom is -0.383 e. The molecule has 1 atom stereocenters. The normalized spacial score (nSPS) is 12.7. The first-order chi connectivity index (χ1) is 8.54. The summed E-state index contributed by atoms with van der Waals surface area (Å²) in [6.07, 6.45) is 0. The van der Waals surface area contributed by atoms with E-state index in [9.17, 15) is 4.79 Å². The van der Waals surface area contributed by atoms with Gasteiger partial charge >= 0.3 is 0 Å². The summed E-state index contributed by atoms with van der Waals surface area (Å²) in [6, 6.07) is 2.26. The van der Waals surface area contributed by atoms with Gasteiger partial charge in [0.2, 0.25) is 5.91 Å². The molecule has 1 aromatic rings. The predicted molar refractivity (Wildman–Crippen MR) is 76.0 cm³/mol. The SMILES string of the molecule is COCC(NCc1sccc1NC(C)=O)C(C)C. The number of amides is 1. The summed E-state index contributed by atoms with van der Waals surface area (Å²) >= 11 is 1.65. The van der Waals surface area contributed by atoms with Crippen LogP contribution < -0.4 is 10.6 Å². The van der Waals surface area contributed by atoms with E-state index < -0.39 is 0 Å². The van der Waals surface area contributed by atoms with Crippen molar-refractivity contribution in [2.45, 2.75) is 33.4 Å². The van der Waals surface area contributed by atoms with Gasteiger partial charge in [0.25, 0.3) is 0 Å². The highest BCUT2D eigenvalue weighted by Gasteiger charge is 2.14. The molecule has 0 spiro atoms. The largest absolute Gasteiger partial charge is 0.383 e. The summed E-state index contributed by atoms with van der Waals surface area (Å²) in [4.78, 5) is 12.2. The second-order valence-corrected chi connectivity index (χ2v) is 5.63. The standard InChI is InChI=1S/C13H22N2O2S/c1-9(2)12(8-17-4)14-7-13-11(5-6-18-13)15-10(3)16/h5-6,9,12,14H,7-8H2,1-4H3,(H,15,16). The Morgan fingerprint density at radius 1 is 1.50 bits per heavy atom. The van der Waals surface area contributed by atoms with E-state index in [4.69, 9.17) is 4.74 Å². The first-order valence-electron chi connectivity index (χ1n) is 6.10. The Hall–Kier alpha value is -0.910. The maximum Gasteiger partial charge on any atom is 0.221 e. The Kier molecular flexibility index (Phi) is 6.32. The van der Waals surface area contributed by atoms with Crippen LogP contribution in [0.15, 0.2) is 11.4 Å². The number of hydrogen-bond donors (Lipinski definition) is 2. The molecule has 1 unspecified atom stereocenters. The van der Waals surface area contributed by atoms with E-state index in [0.717, 1.165) is 17.1 Å². The van der Waals surface area contributed by atoms with Gasteiger partial charge in [-0.3, -0.25) is 4.79 Å². The fourth-order valence-corrected chi connectivity index (χ4v) is 2.45. The Morgan fingerprint density at radius 3 is 2.78 bits per heavy atom. The van der Waals surface area contributed by atoms with Crippen LogP contribution in [0, 0.1) is 5.92 Å². The number of carbonyl (C=O) groups is 1. The van der Waals surface area contributed by atoms with Crippen LogP contribution in [0.25, 0.3) is 0 Å². The molecule has 0 fully saturated rings. The van der Waals surface area contributed by atoms with Crippen LogP contribution in [-0.4, -0.2) is 25.7 Å². The number of ether oxygens (including phenoxy) is 1. The van der Waals surface area contributed by atoms with Gasteiger partial charge in [-0.05, 0) is 17.4 Å². The first kappa shape index (κ1) is 15.1. The van der Waals surface area contributed by atoms with E-state index >= 15 is 0 Å². The Balaban J connectivity index is 2.56. The zero-order valence-corrected chi connectivity index (χ0v) is 12.3. The topological polar surface area (TPSA) is 50.4 Å². The molecule has 0 radical (unpaired) electrons. The van der Waals surface area contributed by atoms with E-state index in [2.05, 4.69) is 24.5 Å². The molecule has 1 rings (SSSR count). The molecule has 2 N–H and O–H groups in total. The molecule has 0 aliphatic carbocycles. The molecule has 0 saturated heterocycles. The maximum atomic E-state index is 11.1. The number of rotatable bonds is 7. The lowest BCUT2D eigenvalue weighted by atomic mass is 10.1. The average Bonchev–Trinajstić information content (AvgIpc) is 2.70. The molecule has 4 nitrogen and oxygen atoms in total. The molecule has 0 aromatic carbocycles. The van der Waals surface area contributed by atoms with E-state index in [1.54, 1.807) is 18.4 Å². The number of thiophene rings is 1. The fourth-order valence-electron chi connectivity index (χ4n) is 1.67. The lowest BCUT2D eigenvalue weighted by Crippen LogP contribution is -2.37. The highest BCUT2D eigenvalue weighted by atomic mass is 32.1. The van der Waals surface area contributed by atoms with Crippen molar-refractivity contribution in [2.24, 2.45) is 5.92 Å². The molecule has 1 heterocycles. The number of nitrogens with one attached hydrogen (secondary N) is 2. The monoisotopic (exact) mass is 270 g/mol. The highest BCUT2D eigenvalue weighted by molar-refractivity contribution is 7.10. The number of anilines is 1. The lowest BCUT2D eigenvalue weighted by Gasteiger charge is -2.21. The van der Waals surface area contributed by atoms with Gasteiger partial charge in [-0.15, -0.1) is 11.3 Å². The molecule has 0 aliphatic rings. The summed E-state index contributed by atoms with van der Waals surface area (Å²) in [6.45, 7) is 7.30. The maximum absolute atomic E-state index is 11.1. The zero-order valence-electron chi connectivity index (χ0n) is 11.4. The predicted octanol–water partition coefficient (Wildman–Crippen LogP) is 2.47. The van der Waals surface area contributed by atoms with Gasteiger partial charge < -0.3 is 15.4 Å². The molecule has 1 aromatic heterocycles. The van der Waals surface area contributed by atoms with Gasteiger partial charge in [-0.2, -0.15) is 0 Å². The van der Waals surface area contributed by atoms with Gasteiger partial charge in [-0.25, -0.2) is 0 Å². The summed E-state index contributed by atoms with van der Waals surface area (Å²) < 4.78 is 5.20. The summed E-state index contributed by atoms with van der Waals surface area (Å²) in [7, 11) is 1.71. The lowest BCUT2D eigenvalue weighted by molar-refractivity contribution is -0.114. The van der Waals surface area contributed by atoms with Crippen LogP contribution in [0.3, 0.4) is 0 Å².